The molecule has 1 heterocycles. The summed E-state index contributed by atoms with van der Waals surface area (Å²) in [5.41, 5.74) is 1.07. The maximum Gasteiger partial charge on any atom is 0.418 e. The lowest BCUT2D eigenvalue weighted by atomic mass is 10.1. The molecule has 0 atom stereocenters. The zero-order chi connectivity index (χ0) is 26.4. The van der Waals surface area contributed by atoms with Crippen LogP contribution in [0.4, 0.5) is 35.0 Å². The molecular weight excluding hydrogens is 485 g/mol. The van der Waals surface area contributed by atoms with Gasteiger partial charge in [0, 0.05) is 37.6 Å². The second-order valence-corrected chi connectivity index (χ2v) is 8.56. The smallest absolute Gasteiger partial charge is 0.418 e. The largest absolute Gasteiger partial charge is 0.497 e. The number of hydrogen-bond donors (Lipinski definition) is 2. The summed E-state index contributed by atoms with van der Waals surface area (Å²) in [6.45, 7) is 2.51. The maximum atomic E-state index is 13.1. The first-order valence-corrected chi connectivity index (χ1v) is 11.7. The first kappa shape index (κ1) is 25.9. The fourth-order valence-electron chi connectivity index (χ4n) is 4.12. The van der Waals surface area contributed by atoms with Gasteiger partial charge < -0.3 is 25.2 Å². The Morgan fingerprint density at radius 3 is 2.14 bits per heavy atom. The van der Waals surface area contributed by atoms with Crippen LogP contribution in [0.1, 0.15) is 11.1 Å². The summed E-state index contributed by atoms with van der Waals surface area (Å²) in [5.74, 6) is 0.820. The van der Waals surface area contributed by atoms with Crippen LogP contribution in [0.5, 0.6) is 5.75 Å². The van der Waals surface area contributed by atoms with Crippen LogP contribution in [0.2, 0.25) is 0 Å². The molecule has 194 valence electrons. The number of benzene rings is 3. The minimum absolute atomic E-state index is 0.0717. The van der Waals surface area contributed by atoms with Gasteiger partial charge >= 0.3 is 12.2 Å². The Morgan fingerprint density at radius 1 is 0.865 bits per heavy atom. The first-order chi connectivity index (χ1) is 17.7. The van der Waals surface area contributed by atoms with Crippen LogP contribution in [0.3, 0.4) is 0 Å². The quantitative estimate of drug-likeness (QED) is 0.473. The molecule has 3 aromatic rings. The first-order valence-electron chi connectivity index (χ1n) is 11.7. The minimum atomic E-state index is -4.57. The second kappa shape index (κ2) is 11.2. The fraction of sp³-hybridized carbons (Fsp3) is 0.259. The average Bonchev–Trinajstić information content (AvgIpc) is 2.89. The lowest BCUT2D eigenvalue weighted by Crippen LogP contribution is -2.49. The number of anilines is 3. The molecule has 3 amide bonds. The van der Waals surface area contributed by atoms with E-state index in [2.05, 4.69) is 15.5 Å². The van der Waals surface area contributed by atoms with Gasteiger partial charge in [-0.15, -0.1) is 0 Å². The highest BCUT2D eigenvalue weighted by atomic mass is 19.4. The monoisotopic (exact) mass is 512 g/mol. The fourth-order valence-corrected chi connectivity index (χ4v) is 4.12. The molecule has 7 nitrogen and oxygen atoms in total. The van der Waals surface area contributed by atoms with E-state index in [9.17, 15) is 22.8 Å². The standard InChI is InChI=1S/C27H27F3N4O3/c1-37-22-12-6-19(7-13-22)18-25(35)34-16-14-33(15-17-34)21-10-8-20(9-11-21)31-26(36)32-24-5-3-2-4-23(24)27(28,29)30/h2-13H,14-18H2,1H3,(H2,31,32,36). The molecule has 1 fully saturated rings. The number of methoxy groups -OCH3 is 1. The summed E-state index contributed by atoms with van der Waals surface area (Å²) in [6.07, 6.45) is -4.24. The molecule has 3 aromatic carbocycles. The minimum Gasteiger partial charge on any atom is -0.497 e. The number of piperazine rings is 1. The van der Waals surface area contributed by atoms with Crippen LogP contribution < -0.4 is 20.3 Å². The number of para-hydroxylation sites is 1. The predicted molar refractivity (Wildman–Crippen MR) is 136 cm³/mol. The van der Waals surface area contributed by atoms with Gasteiger partial charge in [0.2, 0.25) is 5.91 Å². The summed E-state index contributed by atoms with van der Waals surface area (Å²) in [6, 6.07) is 18.5. The average molecular weight is 513 g/mol. The Kier molecular flexibility index (Phi) is 7.86. The number of amides is 3. The van der Waals surface area contributed by atoms with E-state index in [1.54, 1.807) is 19.2 Å². The molecule has 0 spiro atoms. The summed E-state index contributed by atoms with van der Waals surface area (Å²) in [7, 11) is 1.60. The molecule has 10 heteroatoms. The number of nitrogens with zero attached hydrogens (tertiary/aromatic N) is 2. The normalized spacial score (nSPS) is 13.7. The van der Waals surface area contributed by atoms with Crippen molar-refractivity contribution < 1.29 is 27.5 Å². The Morgan fingerprint density at radius 2 is 1.51 bits per heavy atom. The number of ether oxygens (including phenoxy) is 1. The second-order valence-electron chi connectivity index (χ2n) is 8.56. The lowest BCUT2D eigenvalue weighted by Gasteiger charge is -2.36. The van der Waals surface area contributed by atoms with Crippen LogP contribution in [0.15, 0.2) is 72.8 Å². The third-order valence-electron chi connectivity index (χ3n) is 6.12. The molecule has 2 N–H and O–H groups in total. The van der Waals surface area contributed by atoms with Crippen molar-refractivity contribution in [2.24, 2.45) is 0 Å². The van der Waals surface area contributed by atoms with Crippen molar-refractivity contribution in [3.8, 4) is 5.75 Å². The van der Waals surface area contributed by atoms with Gasteiger partial charge in [-0.1, -0.05) is 24.3 Å². The number of rotatable bonds is 6. The van der Waals surface area contributed by atoms with E-state index in [0.717, 1.165) is 23.1 Å². The highest BCUT2D eigenvalue weighted by molar-refractivity contribution is 6.00. The molecule has 0 aliphatic carbocycles. The molecular formula is C27H27F3N4O3. The van der Waals surface area contributed by atoms with Crippen molar-refractivity contribution >= 4 is 29.0 Å². The molecule has 37 heavy (non-hydrogen) atoms. The molecule has 4 rings (SSSR count). The van der Waals surface area contributed by atoms with E-state index in [1.807, 2.05) is 41.3 Å². The molecule has 1 saturated heterocycles. The molecule has 0 radical (unpaired) electrons. The molecule has 0 bridgehead atoms. The zero-order valence-corrected chi connectivity index (χ0v) is 20.2. The van der Waals surface area contributed by atoms with Crippen molar-refractivity contribution in [2.75, 3.05) is 48.8 Å². The van der Waals surface area contributed by atoms with Crippen molar-refractivity contribution in [3.05, 3.63) is 83.9 Å². The van der Waals surface area contributed by atoms with Crippen LogP contribution >= 0.6 is 0 Å². The van der Waals surface area contributed by atoms with E-state index in [1.165, 1.54) is 18.2 Å². The van der Waals surface area contributed by atoms with Gasteiger partial charge in [-0.05, 0) is 54.1 Å². The summed E-state index contributed by atoms with van der Waals surface area (Å²) >= 11 is 0. The number of alkyl halides is 3. The van der Waals surface area contributed by atoms with Crippen LogP contribution in [0.25, 0.3) is 0 Å². The van der Waals surface area contributed by atoms with Crippen molar-refractivity contribution in [1.29, 1.82) is 0 Å². The lowest BCUT2D eigenvalue weighted by molar-refractivity contribution is -0.137. The van der Waals surface area contributed by atoms with Crippen molar-refractivity contribution in [2.45, 2.75) is 12.6 Å². The van der Waals surface area contributed by atoms with Gasteiger partial charge in [-0.25, -0.2) is 4.79 Å². The van der Waals surface area contributed by atoms with Crippen LogP contribution in [0, 0.1) is 0 Å². The van der Waals surface area contributed by atoms with Crippen molar-refractivity contribution in [1.82, 2.24) is 4.90 Å². The summed E-state index contributed by atoms with van der Waals surface area (Å²) in [5, 5.41) is 4.81. The van der Waals surface area contributed by atoms with Gasteiger partial charge in [-0.2, -0.15) is 13.2 Å². The number of halogens is 3. The molecule has 0 aromatic heterocycles. The number of hydrogen-bond acceptors (Lipinski definition) is 4. The third kappa shape index (κ3) is 6.72. The topological polar surface area (TPSA) is 73.9 Å². The van der Waals surface area contributed by atoms with Crippen LogP contribution in [-0.4, -0.2) is 50.1 Å². The molecule has 0 saturated carbocycles. The predicted octanol–water partition coefficient (Wildman–Crippen LogP) is 5.25. The van der Waals surface area contributed by atoms with Gasteiger partial charge in [0.25, 0.3) is 0 Å². The van der Waals surface area contributed by atoms with Gasteiger partial charge in [0.1, 0.15) is 5.75 Å². The number of carbonyl (C=O) groups excluding carboxylic acids is 2. The van der Waals surface area contributed by atoms with Gasteiger partial charge in [0.15, 0.2) is 0 Å². The van der Waals surface area contributed by atoms with Gasteiger partial charge in [-0.3, -0.25) is 4.79 Å². The van der Waals surface area contributed by atoms with E-state index >= 15 is 0 Å². The Labute approximate surface area is 212 Å². The molecule has 0 unspecified atom stereocenters. The number of urea groups is 1. The summed E-state index contributed by atoms with van der Waals surface area (Å²) < 4.78 is 44.6. The van der Waals surface area contributed by atoms with E-state index in [-0.39, 0.29) is 11.6 Å². The Hall–Kier alpha value is -4.21. The number of nitrogens with one attached hydrogen (secondary N) is 2. The summed E-state index contributed by atoms with van der Waals surface area (Å²) in [4.78, 5) is 28.9. The van der Waals surface area contributed by atoms with E-state index in [0.29, 0.717) is 38.3 Å². The molecule has 1 aliphatic heterocycles. The van der Waals surface area contributed by atoms with Gasteiger partial charge in [0.05, 0.1) is 24.8 Å². The SMILES string of the molecule is COc1ccc(CC(=O)N2CCN(c3ccc(NC(=O)Nc4ccccc4C(F)(F)F)cc3)CC2)cc1. The Balaban J connectivity index is 1.27. The van der Waals surface area contributed by atoms with E-state index < -0.39 is 17.8 Å². The van der Waals surface area contributed by atoms with Crippen LogP contribution in [-0.2, 0) is 17.4 Å². The van der Waals surface area contributed by atoms with E-state index in [4.69, 9.17) is 4.74 Å². The Bertz CT molecular complexity index is 1220. The maximum absolute atomic E-state index is 13.1. The molecule has 1 aliphatic rings. The third-order valence-corrected chi connectivity index (χ3v) is 6.12. The van der Waals surface area contributed by atoms with Crippen molar-refractivity contribution in [3.63, 3.8) is 0 Å². The zero-order valence-electron chi connectivity index (χ0n) is 20.2. The highest BCUT2D eigenvalue weighted by Gasteiger charge is 2.33. The number of carbonyl (C=O) groups is 2. The highest BCUT2D eigenvalue weighted by Crippen LogP contribution is 2.34.